The minimum Gasteiger partial charge on any atom is -0.496 e. The van der Waals surface area contributed by atoms with Crippen LogP contribution in [0.3, 0.4) is 0 Å². The second kappa shape index (κ2) is 5.29. The van der Waals surface area contributed by atoms with Gasteiger partial charge in [-0.15, -0.1) is 0 Å². The molecule has 0 spiro atoms. The molecule has 0 heterocycles. The Hall–Kier alpha value is -1.06. The van der Waals surface area contributed by atoms with Crippen molar-refractivity contribution >= 4 is 0 Å². The molecule has 0 aliphatic heterocycles. The third-order valence-corrected chi connectivity index (χ3v) is 3.81. The Bertz CT molecular complexity index is 425. The number of hydrogen-bond donors (Lipinski definition) is 1. The van der Waals surface area contributed by atoms with Gasteiger partial charge in [0.2, 0.25) is 0 Å². The number of benzene rings is 1. The maximum atomic E-state index is 10.7. The van der Waals surface area contributed by atoms with Crippen LogP contribution in [0.1, 0.15) is 36.6 Å². The minimum absolute atomic E-state index is 0.354. The first-order chi connectivity index (χ1) is 8.21. The molecule has 0 aromatic heterocycles. The van der Waals surface area contributed by atoms with Crippen molar-refractivity contribution in [3.8, 4) is 5.75 Å². The number of rotatable bonds is 4. The molecule has 0 aliphatic rings. The largest absolute Gasteiger partial charge is 0.496 e. The molecule has 1 rings (SSSR count). The van der Waals surface area contributed by atoms with Crippen molar-refractivity contribution < 1.29 is 9.84 Å². The van der Waals surface area contributed by atoms with Crippen LogP contribution in [0.4, 0.5) is 0 Å². The molecule has 1 unspecified atom stereocenters. The molecule has 1 atom stereocenters. The standard InChI is InChI=1S/C15H25NO2/c1-10-8-11(2)13(12(9-10)18-7)14(17)15(3,4)16(5)6/h8-9,14,17H,1-7H3. The molecule has 0 saturated heterocycles. The monoisotopic (exact) mass is 251 g/mol. The number of nitrogens with zero attached hydrogens (tertiary/aromatic N) is 1. The lowest BCUT2D eigenvalue weighted by atomic mass is 9.86. The number of methoxy groups -OCH3 is 1. The van der Waals surface area contributed by atoms with Crippen LogP contribution in [0.25, 0.3) is 0 Å². The zero-order valence-corrected chi connectivity index (χ0v) is 12.5. The number of aliphatic hydroxyl groups is 1. The number of hydrogen-bond acceptors (Lipinski definition) is 3. The summed E-state index contributed by atoms with van der Waals surface area (Å²) in [7, 11) is 5.59. The van der Waals surface area contributed by atoms with E-state index in [0.29, 0.717) is 0 Å². The number of aryl methyl sites for hydroxylation is 2. The summed E-state index contributed by atoms with van der Waals surface area (Å²) in [5.41, 5.74) is 2.73. The normalized spacial score (nSPS) is 13.8. The second-order valence-corrected chi connectivity index (χ2v) is 5.65. The smallest absolute Gasteiger partial charge is 0.125 e. The summed E-state index contributed by atoms with van der Waals surface area (Å²) in [6.45, 7) is 8.09. The van der Waals surface area contributed by atoms with Gasteiger partial charge in [-0.1, -0.05) is 6.07 Å². The van der Waals surface area contributed by atoms with E-state index >= 15 is 0 Å². The average molecular weight is 251 g/mol. The SMILES string of the molecule is COc1cc(C)cc(C)c1C(O)C(C)(C)N(C)C. The van der Waals surface area contributed by atoms with Crippen molar-refractivity contribution in [2.24, 2.45) is 0 Å². The van der Waals surface area contributed by atoms with Crippen molar-refractivity contribution in [3.05, 3.63) is 28.8 Å². The van der Waals surface area contributed by atoms with E-state index < -0.39 is 6.10 Å². The van der Waals surface area contributed by atoms with E-state index in [1.165, 1.54) is 0 Å². The molecule has 102 valence electrons. The van der Waals surface area contributed by atoms with Gasteiger partial charge in [0.1, 0.15) is 11.9 Å². The van der Waals surface area contributed by atoms with Gasteiger partial charge in [0.15, 0.2) is 0 Å². The lowest BCUT2D eigenvalue weighted by molar-refractivity contribution is 0.0145. The van der Waals surface area contributed by atoms with Crippen LogP contribution in [0.5, 0.6) is 5.75 Å². The van der Waals surface area contributed by atoms with Gasteiger partial charge in [0.05, 0.1) is 7.11 Å². The fraction of sp³-hybridized carbons (Fsp3) is 0.600. The van der Waals surface area contributed by atoms with Gasteiger partial charge in [-0.05, 0) is 59.0 Å². The minimum atomic E-state index is -0.594. The number of ether oxygens (including phenoxy) is 1. The molecule has 1 aromatic carbocycles. The molecule has 1 N–H and O–H groups in total. The van der Waals surface area contributed by atoms with E-state index in [-0.39, 0.29) is 5.54 Å². The van der Waals surface area contributed by atoms with E-state index in [1.54, 1.807) is 7.11 Å². The number of aliphatic hydroxyl groups excluding tert-OH is 1. The molecule has 0 aliphatic carbocycles. The van der Waals surface area contributed by atoms with Gasteiger partial charge in [-0.2, -0.15) is 0 Å². The Kier molecular flexibility index (Phi) is 4.41. The van der Waals surface area contributed by atoms with Crippen LogP contribution in [-0.4, -0.2) is 36.8 Å². The average Bonchev–Trinajstić information content (AvgIpc) is 2.26. The maximum Gasteiger partial charge on any atom is 0.125 e. The van der Waals surface area contributed by atoms with E-state index in [4.69, 9.17) is 4.74 Å². The predicted molar refractivity (Wildman–Crippen MR) is 75.2 cm³/mol. The van der Waals surface area contributed by atoms with Gasteiger partial charge < -0.3 is 14.7 Å². The molecule has 0 amide bonds. The van der Waals surface area contributed by atoms with Crippen LogP contribution in [-0.2, 0) is 0 Å². The van der Waals surface area contributed by atoms with Crippen molar-refractivity contribution in [3.63, 3.8) is 0 Å². The lowest BCUT2D eigenvalue weighted by Gasteiger charge is -2.38. The Balaban J connectivity index is 3.33. The quantitative estimate of drug-likeness (QED) is 0.893. The summed E-state index contributed by atoms with van der Waals surface area (Å²) in [6, 6.07) is 4.05. The van der Waals surface area contributed by atoms with Crippen molar-refractivity contribution in [1.29, 1.82) is 0 Å². The summed E-state index contributed by atoms with van der Waals surface area (Å²) >= 11 is 0. The van der Waals surface area contributed by atoms with Gasteiger partial charge in [0.25, 0.3) is 0 Å². The van der Waals surface area contributed by atoms with Crippen LogP contribution >= 0.6 is 0 Å². The molecule has 1 aromatic rings. The van der Waals surface area contributed by atoms with Gasteiger partial charge in [-0.3, -0.25) is 0 Å². The molecule has 18 heavy (non-hydrogen) atoms. The van der Waals surface area contributed by atoms with Crippen molar-refractivity contribution in [1.82, 2.24) is 4.90 Å². The van der Waals surface area contributed by atoms with Gasteiger partial charge in [-0.25, -0.2) is 0 Å². The van der Waals surface area contributed by atoms with E-state index in [0.717, 1.165) is 22.4 Å². The molecule has 0 saturated carbocycles. The zero-order valence-electron chi connectivity index (χ0n) is 12.5. The highest BCUT2D eigenvalue weighted by molar-refractivity contribution is 5.45. The van der Waals surface area contributed by atoms with Gasteiger partial charge >= 0.3 is 0 Å². The lowest BCUT2D eigenvalue weighted by Crippen LogP contribution is -2.44. The summed E-state index contributed by atoms with van der Waals surface area (Å²) in [5, 5.41) is 10.7. The molecule has 3 heteroatoms. The van der Waals surface area contributed by atoms with Crippen LogP contribution in [0.15, 0.2) is 12.1 Å². The highest BCUT2D eigenvalue weighted by Crippen LogP contribution is 2.37. The first-order valence-electron chi connectivity index (χ1n) is 6.22. The van der Waals surface area contributed by atoms with Crippen LogP contribution in [0.2, 0.25) is 0 Å². The second-order valence-electron chi connectivity index (χ2n) is 5.65. The van der Waals surface area contributed by atoms with E-state index in [2.05, 4.69) is 6.07 Å². The molecule has 0 bridgehead atoms. The van der Waals surface area contributed by atoms with Crippen molar-refractivity contribution in [2.75, 3.05) is 21.2 Å². The first kappa shape index (κ1) is 15.0. The fourth-order valence-electron chi connectivity index (χ4n) is 2.06. The Morgan fingerprint density at radius 3 is 2.22 bits per heavy atom. The summed E-state index contributed by atoms with van der Waals surface area (Å²) in [4.78, 5) is 2.02. The van der Waals surface area contributed by atoms with Crippen LogP contribution < -0.4 is 4.74 Å². The van der Waals surface area contributed by atoms with E-state index in [9.17, 15) is 5.11 Å². The summed E-state index contributed by atoms with van der Waals surface area (Å²) in [6.07, 6.45) is -0.594. The summed E-state index contributed by atoms with van der Waals surface area (Å²) < 4.78 is 5.42. The van der Waals surface area contributed by atoms with E-state index in [1.807, 2.05) is 52.8 Å². The third-order valence-electron chi connectivity index (χ3n) is 3.81. The fourth-order valence-corrected chi connectivity index (χ4v) is 2.06. The Labute approximate surface area is 110 Å². The van der Waals surface area contributed by atoms with Crippen molar-refractivity contribution in [2.45, 2.75) is 39.3 Å². The van der Waals surface area contributed by atoms with Gasteiger partial charge in [0, 0.05) is 11.1 Å². The molecular weight excluding hydrogens is 226 g/mol. The predicted octanol–water partition coefficient (Wildman–Crippen LogP) is 2.69. The maximum absolute atomic E-state index is 10.7. The highest BCUT2D eigenvalue weighted by atomic mass is 16.5. The zero-order chi connectivity index (χ0) is 14.1. The first-order valence-corrected chi connectivity index (χ1v) is 6.22. The molecule has 0 radical (unpaired) electrons. The van der Waals surface area contributed by atoms with Crippen LogP contribution in [0, 0.1) is 13.8 Å². The Morgan fingerprint density at radius 1 is 1.22 bits per heavy atom. The number of likely N-dealkylation sites (N-methyl/N-ethyl adjacent to an activating group) is 1. The Morgan fingerprint density at radius 2 is 1.78 bits per heavy atom. The third kappa shape index (κ3) is 2.68. The summed E-state index contributed by atoms with van der Waals surface area (Å²) in [5.74, 6) is 0.759. The topological polar surface area (TPSA) is 32.7 Å². The molecule has 0 fully saturated rings. The molecule has 3 nitrogen and oxygen atoms in total. The highest BCUT2D eigenvalue weighted by Gasteiger charge is 2.34. The molecular formula is C15H25NO2.